The number of aldehydes is 1. The summed E-state index contributed by atoms with van der Waals surface area (Å²) in [4.78, 5) is 23.3. The van der Waals surface area contributed by atoms with Crippen LogP contribution in [0.15, 0.2) is 60.8 Å². The first kappa shape index (κ1) is 18.2. The molecule has 1 aromatic heterocycles. The molecule has 0 radical (unpaired) electrons. The largest absolute Gasteiger partial charge is 0.355 e. The van der Waals surface area contributed by atoms with Gasteiger partial charge in [-0.2, -0.15) is 0 Å². The van der Waals surface area contributed by atoms with Gasteiger partial charge in [-0.3, -0.25) is 4.79 Å². The molecular weight excluding hydrogens is 348 g/mol. The van der Waals surface area contributed by atoms with Crippen LogP contribution in [0, 0.1) is 0 Å². The summed E-state index contributed by atoms with van der Waals surface area (Å²) in [6.45, 7) is 6.42. The molecule has 2 heterocycles. The number of hydrogen-bond donors (Lipinski definition) is 1. The molecule has 0 saturated carbocycles. The monoisotopic (exact) mass is 372 g/mol. The van der Waals surface area contributed by atoms with E-state index >= 15 is 0 Å². The summed E-state index contributed by atoms with van der Waals surface area (Å²) in [7, 11) is 0. The van der Waals surface area contributed by atoms with Crippen LogP contribution in [-0.4, -0.2) is 22.4 Å². The number of carbonyl (C=O) groups excluding carboxylic acids is 1. The number of aromatic nitrogens is 2. The molecule has 0 spiro atoms. The van der Waals surface area contributed by atoms with E-state index in [1.165, 1.54) is 5.56 Å². The van der Waals surface area contributed by atoms with Crippen LogP contribution in [-0.2, 0) is 4.79 Å². The normalized spacial score (nSPS) is 16.6. The number of nitrogens with zero attached hydrogens (tertiary/aromatic N) is 3. The highest BCUT2D eigenvalue weighted by atomic mass is 16.1. The highest BCUT2D eigenvalue weighted by Crippen LogP contribution is 2.39. The molecule has 0 bridgehead atoms. The molecule has 2 aromatic carbocycles. The molecule has 1 unspecified atom stereocenters. The predicted octanol–water partition coefficient (Wildman–Crippen LogP) is 4.79. The van der Waals surface area contributed by atoms with Gasteiger partial charge in [0.1, 0.15) is 0 Å². The highest BCUT2D eigenvalue weighted by molar-refractivity contribution is 5.83. The predicted molar refractivity (Wildman–Crippen MR) is 112 cm³/mol. The van der Waals surface area contributed by atoms with E-state index in [1.54, 1.807) is 6.20 Å². The van der Waals surface area contributed by atoms with E-state index in [-0.39, 0.29) is 6.04 Å². The van der Waals surface area contributed by atoms with E-state index in [2.05, 4.69) is 55.3 Å². The number of hydrogen-bond acceptors (Lipinski definition) is 5. The second kappa shape index (κ2) is 7.43. The summed E-state index contributed by atoms with van der Waals surface area (Å²) in [6, 6.07) is 18.4. The summed E-state index contributed by atoms with van der Waals surface area (Å²) in [6.07, 6.45) is 2.24. The first-order chi connectivity index (χ1) is 13.6. The van der Waals surface area contributed by atoms with Crippen molar-refractivity contribution in [2.75, 3.05) is 10.2 Å². The minimum atomic E-state index is -0.463. The van der Waals surface area contributed by atoms with Crippen LogP contribution in [0.3, 0.4) is 0 Å². The molecule has 3 aromatic rings. The topological polar surface area (TPSA) is 58.1 Å². The molecule has 0 aliphatic carbocycles. The van der Waals surface area contributed by atoms with Crippen molar-refractivity contribution in [3.05, 3.63) is 71.9 Å². The van der Waals surface area contributed by atoms with Crippen molar-refractivity contribution in [2.24, 2.45) is 0 Å². The Bertz CT molecular complexity index is 987. The Hall–Kier alpha value is -3.21. The van der Waals surface area contributed by atoms with Crippen LogP contribution in [0.1, 0.15) is 43.9 Å². The molecule has 4 rings (SSSR count). The fourth-order valence-corrected chi connectivity index (χ4v) is 3.78. The van der Waals surface area contributed by atoms with Gasteiger partial charge in [0.05, 0.1) is 17.9 Å². The molecule has 1 aliphatic heterocycles. The summed E-state index contributed by atoms with van der Waals surface area (Å²) >= 11 is 0. The second-order valence-electron chi connectivity index (χ2n) is 7.39. The maximum atomic E-state index is 11.8. The first-order valence-corrected chi connectivity index (χ1v) is 9.61. The summed E-state index contributed by atoms with van der Waals surface area (Å²) in [5.41, 5.74) is 4.16. The van der Waals surface area contributed by atoms with Gasteiger partial charge in [0.2, 0.25) is 0 Å². The van der Waals surface area contributed by atoms with E-state index in [0.29, 0.717) is 11.7 Å². The van der Waals surface area contributed by atoms with Crippen LogP contribution in [0.4, 0.5) is 11.5 Å². The summed E-state index contributed by atoms with van der Waals surface area (Å²) < 4.78 is 0. The van der Waals surface area contributed by atoms with E-state index in [1.807, 2.05) is 35.2 Å². The van der Waals surface area contributed by atoms with Crippen molar-refractivity contribution in [3.63, 3.8) is 0 Å². The van der Waals surface area contributed by atoms with Crippen molar-refractivity contribution < 1.29 is 4.79 Å². The number of anilines is 2. The minimum Gasteiger partial charge on any atom is -0.355 e. The van der Waals surface area contributed by atoms with Gasteiger partial charge < -0.3 is 10.2 Å². The van der Waals surface area contributed by atoms with Gasteiger partial charge in [0.25, 0.3) is 0 Å². The lowest BCUT2D eigenvalue weighted by atomic mass is 9.97. The van der Waals surface area contributed by atoms with E-state index < -0.39 is 6.17 Å². The number of rotatable bonds is 5. The van der Waals surface area contributed by atoms with Crippen molar-refractivity contribution in [2.45, 2.75) is 38.9 Å². The Morgan fingerprint density at radius 3 is 2.46 bits per heavy atom. The average molecular weight is 372 g/mol. The molecule has 5 heteroatoms. The quantitative estimate of drug-likeness (QED) is 0.653. The molecule has 1 aliphatic rings. The Morgan fingerprint density at radius 2 is 1.75 bits per heavy atom. The number of fused-ring (bicyclic) bond motifs is 1. The fraction of sp³-hybridized carbons (Fsp3) is 0.261. The standard InChI is InChI=1S/C23H24N4O/c1-15(2)18-11-7-8-12-19(18)22-24-13-20-23(26-22)27(21(14-28)25-20)16(3)17-9-5-4-6-10-17/h4-16,21,25H,1-3H3/t16?,21-/m0/s1. The number of benzene rings is 2. The van der Waals surface area contributed by atoms with Crippen LogP contribution in [0.2, 0.25) is 0 Å². The number of carbonyl (C=O) groups is 1. The van der Waals surface area contributed by atoms with Gasteiger partial charge in [0, 0.05) is 5.56 Å². The molecule has 0 saturated heterocycles. The molecule has 2 atom stereocenters. The maximum Gasteiger partial charge on any atom is 0.162 e. The average Bonchev–Trinajstić information content (AvgIpc) is 3.11. The Kier molecular flexibility index (Phi) is 4.82. The zero-order chi connectivity index (χ0) is 19.7. The van der Waals surface area contributed by atoms with Gasteiger partial charge in [-0.25, -0.2) is 9.97 Å². The molecule has 0 fully saturated rings. The van der Waals surface area contributed by atoms with Gasteiger partial charge in [-0.05, 0) is 24.0 Å². The molecular formula is C23H24N4O. The zero-order valence-corrected chi connectivity index (χ0v) is 16.3. The molecule has 142 valence electrons. The third kappa shape index (κ3) is 3.13. The highest BCUT2D eigenvalue weighted by Gasteiger charge is 2.34. The van der Waals surface area contributed by atoms with E-state index in [9.17, 15) is 4.79 Å². The third-order valence-electron chi connectivity index (χ3n) is 5.27. The van der Waals surface area contributed by atoms with Crippen molar-refractivity contribution in [3.8, 4) is 11.4 Å². The SMILES string of the molecule is CC(C)c1ccccc1-c1ncc2c(n1)N(C(C)c1ccccc1)[C@@H](C=O)N2. The van der Waals surface area contributed by atoms with Gasteiger partial charge in [0.15, 0.2) is 24.1 Å². The molecule has 28 heavy (non-hydrogen) atoms. The Labute approximate surface area is 165 Å². The summed E-state index contributed by atoms with van der Waals surface area (Å²) in [5.74, 6) is 1.81. The zero-order valence-electron chi connectivity index (χ0n) is 16.3. The lowest BCUT2D eigenvalue weighted by molar-refractivity contribution is -0.108. The van der Waals surface area contributed by atoms with Crippen LogP contribution in [0.5, 0.6) is 0 Å². The molecule has 0 amide bonds. The lowest BCUT2D eigenvalue weighted by Gasteiger charge is -2.29. The van der Waals surface area contributed by atoms with Crippen molar-refractivity contribution in [1.29, 1.82) is 0 Å². The molecule has 5 nitrogen and oxygen atoms in total. The van der Waals surface area contributed by atoms with Crippen molar-refractivity contribution >= 4 is 17.8 Å². The Morgan fingerprint density at radius 1 is 1.04 bits per heavy atom. The van der Waals surface area contributed by atoms with E-state index in [4.69, 9.17) is 4.98 Å². The van der Waals surface area contributed by atoms with Crippen LogP contribution < -0.4 is 10.2 Å². The maximum absolute atomic E-state index is 11.8. The lowest BCUT2D eigenvalue weighted by Crippen LogP contribution is -2.39. The van der Waals surface area contributed by atoms with Gasteiger partial charge in [-0.1, -0.05) is 68.4 Å². The molecule has 1 N–H and O–H groups in total. The van der Waals surface area contributed by atoms with E-state index in [0.717, 1.165) is 28.9 Å². The fourth-order valence-electron chi connectivity index (χ4n) is 3.78. The minimum absolute atomic E-state index is 0.00626. The number of nitrogens with one attached hydrogen (secondary N) is 1. The van der Waals surface area contributed by atoms with Crippen molar-refractivity contribution in [1.82, 2.24) is 9.97 Å². The van der Waals surface area contributed by atoms with Crippen LogP contribution >= 0.6 is 0 Å². The van der Waals surface area contributed by atoms with Gasteiger partial charge >= 0.3 is 0 Å². The smallest absolute Gasteiger partial charge is 0.162 e. The third-order valence-corrected chi connectivity index (χ3v) is 5.27. The summed E-state index contributed by atoms with van der Waals surface area (Å²) in [5, 5.41) is 3.23. The second-order valence-corrected chi connectivity index (χ2v) is 7.39. The first-order valence-electron chi connectivity index (χ1n) is 9.61. The van der Waals surface area contributed by atoms with Crippen LogP contribution in [0.25, 0.3) is 11.4 Å². The van der Waals surface area contributed by atoms with Gasteiger partial charge in [-0.15, -0.1) is 0 Å². The Balaban J connectivity index is 1.79.